The summed E-state index contributed by atoms with van der Waals surface area (Å²) >= 11 is 5.63. The Labute approximate surface area is 265 Å². The summed E-state index contributed by atoms with van der Waals surface area (Å²) in [7, 11) is 0. The number of alkyl halides is 1. The first-order valence-electron chi connectivity index (χ1n) is 14.9. The van der Waals surface area contributed by atoms with Gasteiger partial charge in [-0.15, -0.1) is 11.6 Å². The van der Waals surface area contributed by atoms with Crippen LogP contribution in [0.4, 0.5) is 9.59 Å². The van der Waals surface area contributed by atoms with E-state index in [-0.39, 0.29) is 71.8 Å². The Balaban J connectivity index is 3.38. The van der Waals surface area contributed by atoms with Gasteiger partial charge in [0.1, 0.15) is 19.8 Å². The summed E-state index contributed by atoms with van der Waals surface area (Å²) in [5, 5.41) is 11.1. The number of ether oxygens (including phenoxy) is 8. The smallest absolute Gasteiger partial charge is 0.431 e. The van der Waals surface area contributed by atoms with Gasteiger partial charge in [-0.05, 0) is 31.4 Å². The molecule has 0 radical (unpaired) electrons. The maximum absolute atomic E-state index is 11.7. The van der Waals surface area contributed by atoms with Crippen LogP contribution in [0.2, 0.25) is 0 Å². The number of hydrogen-bond acceptors (Lipinski definition) is 13. The average molecular weight is 659 g/mol. The van der Waals surface area contributed by atoms with Crippen LogP contribution in [-0.2, 0) is 47.5 Å². The number of alkyl carbamates (subject to hydrolysis) is 1. The third kappa shape index (κ3) is 34.3. The standard InChI is InChI=1S/C28H51ClN2O13/c29-9-3-1-2-4-12-36-18-19-37-13-7-8-26(33)41-24-22-40-23-25-44-31-28(35)43-15-6-5-14-42-27(34)30-10-16-38-20-21-39-17-11-32/h5-6,32H,1-4,7-25H2,(H,30,34)(H,31,35)/b6-5-. The van der Waals surface area contributed by atoms with E-state index in [1.165, 1.54) is 12.2 Å². The molecule has 0 bridgehead atoms. The van der Waals surface area contributed by atoms with Crippen LogP contribution in [0.5, 0.6) is 0 Å². The van der Waals surface area contributed by atoms with E-state index in [2.05, 4.69) is 10.8 Å². The third-order valence-electron chi connectivity index (χ3n) is 5.10. The number of aliphatic hydroxyl groups is 1. The summed E-state index contributed by atoms with van der Waals surface area (Å²) < 4.78 is 41.3. The minimum atomic E-state index is -0.797. The molecule has 3 N–H and O–H groups in total. The molecule has 16 heteroatoms. The summed E-state index contributed by atoms with van der Waals surface area (Å²) in [5.41, 5.74) is 2.09. The van der Waals surface area contributed by atoms with Crippen molar-refractivity contribution in [1.29, 1.82) is 0 Å². The van der Waals surface area contributed by atoms with E-state index in [9.17, 15) is 14.4 Å². The second-order valence-corrected chi connectivity index (χ2v) is 9.14. The fourth-order valence-electron chi connectivity index (χ4n) is 2.97. The van der Waals surface area contributed by atoms with Crippen LogP contribution in [0.25, 0.3) is 0 Å². The zero-order valence-electron chi connectivity index (χ0n) is 25.6. The Bertz CT molecular complexity index is 704. The molecule has 0 rings (SSSR count). The lowest BCUT2D eigenvalue weighted by Crippen LogP contribution is -2.28. The van der Waals surface area contributed by atoms with Crippen LogP contribution in [-0.4, -0.2) is 135 Å². The van der Waals surface area contributed by atoms with Crippen molar-refractivity contribution in [2.24, 2.45) is 0 Å². The van der Waals surface area contributed by atoms with Crippen molar-refractivity contribution in [3.63, 3.8) is 0 Å². The molecule has 0 aliphatic carbocycles. The molecule has 0 aliphatic heterocycles. The average Bonchev–Trinajstić information content (AvgIpc) is 3.02. The van der Waals surface area contributed by atoms with Gasteiger partial charge < -0.3 is 48.3 Å². The molecule has 0 saturated carbocycles. The molecule has 0 spiro atoms. The van der Waals surface area contributed by atoms with Crippen LogP contribution < -0.4 is 10.8 Å². The lowest BCUT2D eigenvalue weighted by Gasteiger charge is -2.08. The number of carbonyl (C=O) groups excluding carboxylic acids is 3. The lowest BCUT2D eigenvalue weighted by molar-refractivity contribution is -0.145. The van der Waals surface area contributed by atoms with Gasteiger partial charge in [0.05, 0.1) is 66.1 Å². The van der Waals surface area contributed by atoms with E-state index in [1.54, 1.807) is 0 Å². The molecule has 2 amide bonds. The van der Waals surface area contributed by atoms with Gasteiger partial charge in [0, 0.05) is 32.1 Å². The summed E-state index contributed by atoms with van der Waals surface area (Å²) in [5.74, 6) is 0.385. The molecular formula is C28H51ClN2O13. The number of esters is 1. The largest absolute Gasteiger partial charge is 0.463 e. The Hall–Kier alpha value is -2.24. The van der Waals surface area contributed by atoms with Crippen molar-refractivity contribution in [3.05, 3.63) is 12.2 Å². The fourth-order valence-corrected chi connectivity index (χ4v) is 3.16. The summed E-state index contributed by atoms with van der Waals surface area (Å²) in [6.07, 6.45) is 6.76. The predicted octanol–water partition coefficient (Wildman–Crippen LogP) is 2.12. The second kappa shape index (κ2) is 35.2. The first kappa shape index (κ1) is 41.8. The number of amides is 2. The molecule has 0 fully saturated rings. The monoisotopic (exact) mass is 658 g/mol. The van der Waals surface area contributed by atoms with Crippen LogP contribution in [0, 0.1) is 0 Å². The number of rotatable bonds is 32. The van der Waals surface area contributed by atoms with Crippen molar-refractivity contribution in [2.75, 3.05) is 112 Å². The number of unbranched alkanes of at least 4 members (excludes halogenated alkanes) is 3. The molecule has 0 aromatic rings. The van der Waals surface area contributed by atoms with Crippen molar-refractivity contribution in [1.82, 2.24) is 10.8 Å². The van der Waals surface area contributed by atoms with Gasteiger partial charge in [0.15, 0.2) is 0 Å². The molecule has 0 saturated heterocycles. The zero-order chi connectivity index (χ0) is 32.2. The van der Waals surface area contributed by atoms with Crippen LogP contribution >= 0.6 is 11.6 Å². The quantitative estimate of drug-likeness (QED) is 0.0239. The number of nitrogens with one attached hydrogen (secondary N) is 2. The van der Waals surface area contributed by atoms with Crippen molar-refractivity contribution in [3.8, 4) is 0 Å². The van der Waals surface area contributed by atoms with Gasteiger partial charge >= 0.3 is 18.2 Å². The Morgan fingerprint density at radius 3 is 1.86 bits per heavy atom. The number of aliphatic hydroxyl groups excluding tert-OH is 1. The van der Waals surface area contributed by atoms with E-state index in [0.29, 0.717) is 51.9 Å². The maximum atomic E-state index is 11.7. The highest BCUT2D eigenvalue weighted by Gasteiger charge is 2.04. The van der Waals surface area contributed by atoms with Gasteiger partial charge in [-0.3, -0.25) is 9.63 Å². The van der Waals surface area contributed by atoms with Crippen LogP contribution in [0.3, 0.4) is 0 Å². The lowest BCUT2D eigenvalue weighted by atomic mass is 10.2. The number of halogens is 1. The topological polar surface area (TPSA) is 179 Å². The molecule has 0 heterocycles. The first-order valence-corrected chi connectivity index (χ1v) is 15.4. The van der Waals surface area contributed by atoms with Crippen molar-refractivity contribution >= 4 is 29.8 Å². The Morgan fingerprint density at radius 2 is 1.16 bits per heavy atom. The predicted molar refractivity (Wildman–Crippen MR) is 159 cm³/mol. The SMILES string of the molecule is O=C(CCCOCCOCCCCCCCl)OCCOCCONC(=O)OC/C=C\COC(=O)NCCOCCOCCO. The first-order chi connectivity index (χ1) is 21.6. The highest BCUT2D eigenvalue weighted by Crippen LogP contribution is 2.01. The maximum Gasteiger partial charge on any atom is 0.431 e. The summed E-state index contributed by atoms with van der Waals surface area (Å²) in [6.45, 7) is 4.23. The molecule has 0 aliphatic rings. The third-order valence-corrected chi connectivity index (χ3v) is 5.37. The van der Waals surface area contributed by atoms with Gasteiger partial charge in [0.2, 0.25) is 0 Å². The molecule has 44 heavy (non-hydrogen) atoms. The van der Waals surface area contributed by atoms with Crippen molar-refractivity contribution < 1.29 is 62.2 Å². The molecule has 0 aromatic heterocycles. The molecule has 15 nitrogen and oxygen atoms in total. The highest BCUT2D eigenvalue weighted by atomic mass is 35.5. The van der Waals surface area contributed by atoms with Crippen LogP contribution in [0.1, 0.15) is 38.5 Å². The van der Waals surface area contributed by atoms with Crippen LogP contribution in [0.15, 0.2) is 12.2 Å². The number of hydroxylamine groups is 1. The Kier molecular flexibility index (Phi) is 33.4. The number of hydrogen-bond donors (Lipinski definition) is 3. The molecular weight excluding hydrogens is 608 g/mol. The minimum absolute atomic E-state index is 0.00304. The molecule has 0 aromatic carbocycles. The van der Waals surface area contributed by atoms with E-state index >= 15 is 0 Å². The second-order valence-electron chi connectivity index (χ2n) is 8.76. The molecule has 0 atom stereocenters. The normalized spacial score (nSPS) is 11.0. The van der Waals surface area contributed by atoms with E-state index in [1.807, 2.05) is 0 Å². The minimum Gasteiger partial charge on any atom is -0.463 e. The highest BCUT2D eigenvalue weighted by molar-refractivity contribution is 6.17. The van der Waals surface area contributed by atoms with E-state index < -0.39 is 12.2 Å². The van der Waals surface area contributed by atoms with Gasteiger partial charge in [-0.1, -0.05) is 12.8 Å². The van der Waals surface area contributed by atoms with Gasteiger partial charge in [0.25, 0.3) is 0 Å². The Morgan fingerprint density at radius 1 is 0.591 bits per heavy atom. The van der Waals surface area contributed by atoms with Gasteiger partial charge in [-0.25, -0.2) is 9.59 Å². The summed E-state index contributed by atoms with van der Waals surface area (Å²) in [6, 6.07) is 0. The fraction of sp³-hybridized carbons (Fsp3) is 0.821. The zero-order valence-corrected chi connectivity index (χ0v) is 26.4. The van der Waals surface area contributed by atoms with Crippen molar-refractivity contribution in [2.45, 2.75) is 38.5 Å². The molecule has 0 unspecified atom stereocenters. The van der Waals surface area contributed by atoms with E-state index in [4.69, 9.17) is 59.4 Å². The number of carbonyl (C=O) groups is 3. The summed E-state index contributed by atoms with van der Waals surface area (Å²) in [4.78, 5) is 39.7. The van der Waals surface area contributed by atoms with E-state index in [0.717, 1.165) is 32.3 Å². The molecule has 258 valence electrons. The van der Waals surface area contributed by atoms with Gasteiger partial charge in [-0.2, -0.15) is 5.48 Å².